The van der Waals surface area contributed by atoms with E-state index in [1.165, 1.54) is 38.1 Å². The number of hydrogen-bond acceptors (Lipinski definition) is 21. The van der Waals surface area contributed by atoms with Crippen LogP contribution in [0.5, 0.6) is 5.75 Å². The van der Waals surface area contributed by atoms with Crippen molar-refractivity contribution in [2.24, 2.45) is 46.4 Å². The van der Waals surface area contributed by atoms with Crippen LogP contribution < -0.4 is 81.8 Å². The Kier molecular flexibility index (Phi) is 40.2. The highest BCUT2D eigenvalue weighted by Gasteiger charge is 2.42. The molecule has 0 radical (unpaired) electrons. The summed E-state index contributed by atoms with van der Waals surface area (Å²) in [6.45, 7) is 10.2. The van der Waals surface area contributed by atoms with E-state index in [0.717, 1.165) is 11.8 Å². The number of unbranched alkanes of at least 4 members (excludes halogenated alkanes) is 1. The minimum atomic E-state index is -1.82. The molecule has 568 valence electrons. The van der Waals surface area contributed by atoms with Crippen molar-refractivity contribution in [1.82, 2.24) is 58.1 Å². The monoisotopic (exact) mass is 1540 g/mol. The molecule has 0 aliphatic carbocycles. The van der Waals surface area contributed by atoms with Crippen molar-refractivity contribution in [3.8, 4) is 5.75 Å². The Morgan fingerprint density at radius 1 is 0.515 bits per heavy atom. The molecular weight excluding hydrogens is 1440 g/mol. The molecule has 1 fully saturated rings. The first-order valence-corrected chi connectivity index (χ1v) is 33.0. The lowest BCUT2D eigenvalue weighted by Crippen LogP contribution is -2.62. The fourth-order valence-corrected chi connectivity index (χ4v) is 10.5. The fraction of sp³-hybridized carbons (Fsp3) is 0.651. The average Bonchev–Trinajstić information content (AvgIpc) is 1.77. The summed E-state index contributed by atoms with van der Waals surface area (Å²) in [5.41, 5.74) is 27.4. The van der Waals surface area contributed by atoms with E-state index in [-0.39, 0.29) is 86.6 Å². The summed E-state index contributed by atoms with van der Waals surface area (Å²) in [6, 6.07) is -13.6. The van der Waals surface area contributed by atoms with Gasteiger partial charge in [-0.3, -0.25) is 71.9 Å². The van der Waals surface area contributed by atoms with Gasteiger partial charge in [0.2, 0.25) is 82.7 Å². The third-order valence-corrected chi connectivity index (χ3v) is 15.9. The number of aliphatic hydroxyl groups is 2. The van der Waals surface area contributed by atoms with Crippen molar-refractivity contribution in [3.05, 3.63) is 29.8 Å². The number of nitrogens with zero attached hydrogens (tertiary/aromatic N) is 1. The summed E-state index contributed by atoms with van der Waals surface area (Å²) in [4.78, 5) is 214. The normalized spacial score (nSPS) is 16.2. The number of nitrogens with two attached hydrogens (primary N) is 5. The van der Waals surface area contributed by atoms with Crippen molar-refractivity contribution in [1.29, 1.82) is 0 Å². The molecule has 1 aromatic rings. The molecular formula is C63H103IN16O21. The van der Waals surface area contributed by atoms with Crippen LogP contribution in [-0.2, 0) is 83.1 Å². The van der Waals surface area contributed by atoms with Crippen molar-refractivity contribution in [2.45, 2.75) is 223 Å². The number of halogens is 1. The predicted octanol–water partition coefficient (Wildman–Crippen LogP) is -5.67. The van der Waals surface area contributed by atoms with Crippen LogP contribution in [0.3, 0.4) is 0 Å². The number of aromatic hydroxyl groups is 1. The molecule has 0 saturated carbocycles. The molecule has 2 rings (SSSR count). The molecule has 0 unspecified atom stereocenters. The van der Waals surface area contributed by atoms with E-state index in [1.807, 2.05) is 0 Å². The number of phenols is 1. The number of phenolic OH excluding ortho intramolecular Hbond substituents is 1. The largest absolute Gasteiger partial charge is 0.508 e. The Balaban J connectivity index is 0.0000510. The highest BCUT2D eigenvalue weighted by atomic mass is 123. The molecule has 14 amide bonds. The molecule has 0 spiro atoms. The number of carboxylic acid groups (broad SMARTS) is 2. The SMILES string of the molecule is CC(C)C[C@H](NC(=O)[C@H](CC(C)C)NC(=O)[C@@H](NC(=O)[C@H](Cc1ccc(O)cc1)NC(=O)[C@@H]1CCCN1C(=O)[C@H](CO)NC(=O)[C@@H](NC(=O)[C@H](CCC(N)=O)NC(=O)[C@H](CCC(=O)O)NC(=O)[C@H](CCC(N)=O)NC(=O)[C@@H](N)CC(N)=O)C(C)C)[C@@H](C)O)C(=O)N[C@@H](CCCCN)C(=O)O.[123IH]. The number of amides is 14. The average molecular weight is 1540 g/mol. The Labute approximate surface area is 601 Å². The Hall–Kier alpha value is -8.89. The van der Waals surface area contributed by atoms with E-state index in [4.69, 9.17) is 28.7 Å². The van der Waals surface area contributed by atoms with E-state index < -0.39 is 231 Å². The summed E-state index contributed by atoms with van der Waals surface area (Å²) in [5, 5.41) is 75.3. The highest BCUT2D eigenvalue weighted by molar-refractivity contribution is 14.0. The minimum Gasteiger partial charge on any atom is -0.508 e. The number of primary amides is 3. The van der Waals surface area contributed by atoms with E-state index >= 15 is 0 Å². The first-order chi connectivity index (χ1) is 46.8. The van der Waals surface area contributed by atoms with Gasteiger partial charge in [0.1, 0.15) is 72.2 Å². The van der Waals surface area contributed by atoms with Crippen LogP contribution in [0.15, 0.2) is 24.3 Å². The van der Waals surface area contributed by atoms with Gasteiger partial charge in [-0.1, -0.05) is 53.7 Å². The number of carbonyl (C=O) groups excluding carboxylic acids is 14. The lowest BCUT2D eigenvalue weighted by molar-refractivity contribution is -0.143. The van der Waals surface area contributed by atoms with Gasteiger partial charge in [-0.25, -0.2) is 4.79 Å². The molecule has 0 bridgehead atoms. The predicted molar refractivity (Wildman–Crippen MR) is 370 cm³/mol. The van der Waals surface area contributed by atoms with Crippen LogP contribution in [0.4, 0.5) is 0 Å². The second-order valence-electron chi connectivity index (χ2n) is 25.8. The zero-order valence-electron chi connectivity index (χ0n) is 57.8. The first-order valence-electron chi connectivity index (χ1n) is 33.0. The maximum Gasteiger partial charge on any atom is 0.326 e. The number of aliphatic carboxylic acids is 2. The Bertz CT molecular complexity index is 3030. The van der Waals surface area contributed by atoms with Gasteiger partial charge in [-0.05, 0) is 113 Å². The van der Waals surface area contributed by atoms with Crippen LogP contribution in [0.25, 0.3) is 0 Å². The number of benzene rings is 1. The van der Waals surface area contributed by atoms with E-state index in [9.17, 15) is 102 Å². The molecule has 13 atom stereocenters. The molecule has 1 aliphatic rings. The van der Waals surface area contributed by atoms with Crippen LogP contribution >= 0.6 is 24.0 Å². The summed E-state index contributed by atoms with van der Waals surface area (Å²) in [6.07, 6.45) is -5.08. The fourth-order valence-electron chi connectivity index (χ4n) is 10.5. The van der Waals surface area contributed by atoms with Crippen LogP contribution in [0.2, 0.25) is 0 Å². The third-order valence-electron chi connectivity index (χ3n) is 15.9. The maximum absolute atomic E-state index is 14.5. The zero-order chi connectivity index (χ0) is 75.8. The quantitative estimate of drug-likeness (QED) is 0.0214. The summed E-state index contributed by atoms with van der Waals surface area (Å²) < 4.78 is 0. The molecule has 1 saturated heterocycles. The van der Waals surface area contributed by atoms with Crippen molar-refractivity contribution < 1.29 is 102 Å². The van der Waals surface area contributed by atoms with E-state index in [0.29, 0.717) is 24.9 Å². The zero-order valence-corrected chi connectivity index (χ0v) is 60.1. The van der Waals surface area contributed by atoms with Gasteiger partial charge in [0.25, 0.3) is 0 Å². The maximum atomic E-state index is 14.5. The minimum absolute atomic E-state index is 0. The van der Waals surface area contributed by atoms with E-state index in [1.54, 1.807) is 27.7 Å². The van der Waals surface area contributed by atoms with E-state index in [2.05, 4.69) is 53.2 Å². The van der Waals surface area contributed by atoms with Gasteiger partial charge in [-0.2, -0.15) is 0 Å². The van der Waals surface area contributed by atoms with Gasteiger partial charge < -0.3 is 112 Å². The second kappa shape index (κ2) is 45.1. The number of carbonyl (C=O) groups is 16. The van der Waals surface area contributed by atoms with Crippen molar-refractivity contribution in [2.75, 3.05) is 19.7 Å². The molecule has 1 aromatic carbocycles. The molecule has 38 heteroatoms. The van der Waals surface area contributed by atoms with Gasteiger partial charge in [-0.15, -0.1) is 24.0 Å². The second-order valence-corrected chi connectivity index (χ2v) is 25.8. The lowest BCUT2D eigenvalue weighted by atomic mass is 9.99. The van der Waals surface area contributed by atoms with Crippen LogP contribution in [0.1, 0.15) is 144 Å². The van der Waals surface area contributed by atoms with Crippen molar-refractivity contribution in [3.63, 3.8) is 0 Å². The molecule has 1 heterocycles. The lowest BCUT2D eigenvalue weighted by Gasteiger charge is -2.31. The number of rotatable bonds is 46. The molecule has 1 aliphatic heterocycles. The first kappa shape index (κ1) is 90.1. The molecule has 0 aromatic heterocycles. The Morgan fingerprint density at radius 2 is 0.941 bits per heavy atom. The van der Waals surface area contributed by atoms with Gasteiger partial charge in [0.05, 0.1) is 25.2 Å². The van der Waals surface area contributed by atoms with Crippen LogP contribution in [-0.4, -0.2) is 223 Å². The Morgan fingerprint density at radius 3 is 1.39 bits per heavy atom. The number of carboxylic acids is 2. The van der Waals surface area contributed by atoms with Gasteiger partial charge in [0.15, 0.2) is 0 Å². The molecule has 25 N–H and O–H groups in total. The number of aliphatic hydroxyl groups excluding tert-OH is 2. The topological polar surface area (TPSA) is 628 Å². The summed E-state index contributed by atoms with van der Waals surface area (Å²) >= 11 is 0. The van der Waals surface area contributed by atoms with Gasteiger partial charge in [0, 0.05) is 32.2 Å². The smallest absolute Gasteiger partial charge is 0.326 e. The molecule has 37 nitrogen and oxygen atoms in total. The summed E-state index contributed by atoms with van der Waals surface area (Å²) in [7, 11) is 0. The number of nitrogens with one attached hydrogen (secondary N) is 10. The summed E-state index contributed by atoms with van der Waals surface area (Å²) in [5.74, 6) is -18.6. The molecule has 101 heavy (non-hydrogen) atoms. The third kappa shape index (κ3) is 32.5. The number of hydrogen-bond donors (Lipinski definition) is 20. The van der Waals surface area contributed by atoms with Crippen molar-refractivity contribution >= 4 is 119 Å². The van der Waals surface area contributed by atoms with Crippen LogP contribution in [0, 0.1) is 17.8 Å². The standard InChI is InChI=1S/C63H102N16O21.HI/c1-30(2)25-41(56(92)72-40(63(99)100)11-8-9-23-64)73-57(93)42(26-31(3)4)75-61(97)51(33(7)81)78-58(94)43(27-34-13-15-35(82)16-14-34)74-59(95)45-12-10-24-79(45)62(98)44(29-80)76-60(96)50(32(5)6)77-55(91)38(18-21-47(67)84)70-54(90)39(19-22-49(86)87)71-53(89)37(17-20-46(66)83)69-52(88)36(65)28-48(68)85;/h13-16,30-33,36-45,50-51,80-82H,8-12,17-29,64-65H2,1-7H3,(H2,66,83)(H2,67,84)(H2,68,85)(H,69,88)(H,70,90)(H,71,89)(H,72,92)(H,73,93)(H,74,95)(H,75,97)(H,76,96)(H,77,91)(H,78,94)(H,86,87)(H,99,100);1H/t33-,36+,37+,38+,39+,40+,41+,42+,43+,44+,45+,50+,51+;/m1./s1/i;1-4. The van der Waals surface area contributed by atoms with Gasteiger partial charge >= 0.3 is 11.9 Å². The highest BCUT2D eigenvalue weighted by Crippen LogP contribution is 2.21. The number of likely N-dealkylation sites (tertiary alicyclic amines) is 1.